The van der Waals surface area contributed by atoms with Crippen LogP contribution in [0.25, 0.3) is 0 Å². The fourth-order valence-electron chi connectivity index (χ4n) is 1.53. The van der Waals surface area contributed by atoms with Gasteiger partial charge in [0.25, 0.3) is 0 Å². The highest BCUT2D eigenvalue weighted by Gasteiger charge is 2.34. The minimum atomic E-state index is -4.56. The van der Waals surface area contributed by atoms with Crippen LogP contribution in [0.5, 0.6) is 0 Å². The number of hydrogen-bond acceptors (Lipinski definition) is 4. The van der Waals surface area contributed by atoms with Crippen molar-refractivity contribution in [2.75, 3.05) is 0 Å². The quantitative estimate of drug-likeness (QED) is 0.893. The number of alkyl halides is 3. The predicted octanol–water partition coefficient (Wildman–Crippen LogP) is 1.84. The van der Waals surface area contributed by atoms with Gasteiger partial charge < -0.3 is 0 Å². The molecule has 0 unspecified atom stereocenters. The Morgan fingerprint density at radius 1 is 1.32 bits per heavy atom. The van der Waals surface area contributed by atoms with Crippen molar-refractivity contribution in [3.8, 4) is 0 Å². The number of hydrazone groups is 1. The van der Waals surface area contributed by atoms with Crippen molar-refractivity contribution in [1.82, 2.24) is 15.4 Å². The van der Waals surface area contributed by atoms with E-state index in [0.717, 1.165) is 6.07 Å². The van der Waals surface area contributed by atoms with Gasteiger partial charge in [-0.2, -0.15) is 18.3 Å². The molecule has 0 radical (unpaired) electrons. The first-order valence-electron chi connectivity index (χ1n) is 5.59. The minimum Gasteiger partial charge on any atom is -0.273 e. The van der Waals surface area contributed by atoms with Gasteiger partial charge in [-0.15, -0.1) is 0 Å². The summed E-state index contributed by atoms with van der Waals surface area (Å²) in [5.74, 6) is -0.549. The van der Waals surface area contributed by atoms with Crippen molar-refractivity contribution in [3.63, 3.8) is 0 Å². The average molecular weight is 272 g/mol. The molecular formula is C11H11F3N4O. The highest BCUT2D eigenvalue weighted by atomic mass is 19.4. The molecule has 0 aliphatic carbocycles. The van der Waals surface area contributed by atoms with Gasteiger partial charge in [0.05, 0.1) is 17.8 Å². The molecule has 19 heavy (non-hydrogen) atoms. The molecule has 1 aromatic heterocycles. The van der Waals surface area contributed by atoms with Gasteiger partial charge in [0, 0.05) is 5.92 Å². The van der Waals surface area contributed by atoms with E-state index in [9.17, 15) is 18.0 Å². The van der Waals surface area contributed by atoms with Crippen LogP contribution in [-0.4, -0.2) is 21.6 Å². The Balaban J connectivity index is 2.49. The van der Waals surface area contributed by atoms with E-state index in [2.05, 4.69) is 20.5 Å². The number of rotatable bonds is 2. The zero-order valence-electron chi connectivity index (χ0n) is 10.2. The van der Waals surface area contributed by atoms with Crippen LogP contribution in [0.2, 0.25) is 0 Å². The van der Waals surface area contributed by atoms with Crippen molar-refractivity contribution in [2.24, 2.45) is 5.10 Å². The predicted molar refractivity (Wildman–Crippen MR) is 60.4 cm³/mol. The molecule has 1 aliphatic rings. The van der Waals surface area contributed by atoms with E-state index < -0.39 is 11.9 Å². The molecule has 2 heterocycles. The second-order valence-electron chi connectivity index (χ2n) is 4.42. The fraction of sp³-hybridized carbons (Fsp3) is 0.455. The summed E-state index contributed by atoms with van der Waals surface area (Å²) < 4.78 is 38.3. The molecule has 1 amide bonds. The number of amides is 1. The second-order valence-corrected chi connectivity index (χ2v) is 4.42. The number of nitrogens with zero attached hydrogens (tertiary/aromatic N) is 3. The molecule has 0 aromatic carbocycles. The van der Waals surface area contributed by atoms with E-state index in [1.165, 1.54) is 0 Å². The minimum absolute atomic E-state index is 0.0318. The lowest BCUT2D eigenvalue weighted by Gasteiger charge is -2.11. The van der Waals surface area contributed by atoms with Crippen molar-refractivity contribution >= 4 is 11.6 Å². The third kappa shape index (κ3) is 2.88. The number of aromatic nitrogens is 2. The smallest absolute Gasteiger partial charge is 0.273 e. The zero-order valence-corrected chi connectivity index (χ0v) is 10.2. The van der Waals surface area contributed by atoms with Gasteiger partial charge in [0.15, 0.2) is 0 Å². The molecule has 0 spiro atoms. The second kappa shape index (κ2) is 4.60. The van der Waals surface area contributed by atoms with Gasteiger partial charge in [0.1, 0.15) is 11.5 Å². The summed E-state index contributed by atoms with van der Waals surface area (Å²) in [5, 5.41) is 3.67. The first-order valence-corrected chi connectivity index (χ1v) is 5.59. The Bertz CT molecular complexity index is 551. The lowest BCUT2D eigenvalue weighted by atomic mass is 10.1. The van der Waals surface area contributed by atoms with Gasteiger partial charge in [-0.1, -0.05) is 13.8 Å². The Kier molecular flexibility index (Phi) is 3.25. The molecule has 0 saturated heterocycles. The third-order valence-corrected chi connectivity index (χ3v) is 2.49. The van der Waals surface area contributed by atoms with E-state index in [1.54, 1.807) is 13.8 Å². The summed E-state index contributed by atoms with van der Waals surface area (Å²) in [5.41, 5.74) is 1.38. The van der Waals surface area contributed by atoms with E-state index in [1.807, 2.05) is 0 Å². The summed E-state index contributed by atoms with van der Waals surface area (Å²) in [7, 11) is 0. The molecule has 1 N–H and O–H groups in total. The maximum atomic E-state index is 12.8. The number of hydrogen-bond donors (Lipinski definition) is 1. The lowest BCUT2D eigenvalue weighted by molar-refractivity contribution is -0.141. The van der Waals surface area contributed by atoms with Crippen molar-refractivity contribution < 1.29 is 18.0 Å². The fourth-order valence-corrected chi connectivity index (χ4v) is 1.53. The molecule has 0 fully saturated rings. The van der Waals surface area contributed by atoms with Crippen LogP contribution in [0.3, 0.4) is 0 Å². The van der Waals surface area contributed by atoms with Crippen molar-refractivity contribution in [2.45, 2.75) is 32.4 Å². The van der Waals surface area contributed by atoms with E-state index in [-0.39, 0.29) is 35.5 Å². The first kappa shape index (κ1) is 13.4. The van der Waals surface area contributed by atoms with Gasteiger partial charge in [0.2, 0.25) is 5.91 Å². The van der Waals surface area contributed by atoms with Crippen molar-refractivity contribution in [1.29, 1.82) is 0 Å². The van der Waals surface area contributed by atoms with E-state index >= 15 is 0 Å². The summed E-state index contributed by atoms with van der Waals surface area (Å²) in [6.07, 6.45) is -4.64. The van der Waals surface area contributed by atoms with Gasteiger partial charge in [-0.25, -0.2) is 15.4 Å². The summed E-state index contributed by atoms with van der Waals surface area (Å²) in [4.78, 5) is 18.6. The maximum absolute atomic E-state index is 12.8. The highest BCUT2D eigenvalue weighted by molar-refractivity contribution is 6.12. The topological polar surface area (TPSA) is 67.2 Å². The highest BCUT2D eigenvalue weighted by Crippen LogP contribution is 2.29. The number of nitrogens with one attached hydrogen (secondary N) is 1. The molecule has 0 saturated carbocycles. The molecule has 1 aromatic rings. The van der Waals surface area contributed by atoms with Crippen LogP contribution in [0.1, 0.15) is 43.4 Å². The summed E-state index contributed by atoms with van der Waals surface area (Å²) >= 11 is 0. The molecule has 5 nitrogen and oxygen atoms in total. The van der Waals surface area contributed by atoms with Gasteiger partial charge in [-0.3, -0.25) is 4.79 Å². The number of carbonyl (C=O) groups excluding carboxylic acids is 1. The normalized spacial score (nSPS) is 15.7. The monoisotopic (exact) mass is 272 g/mol. The number of halogens is 3. The van der Waals surface area contributed by atoms with Crippen LogP contribution in [0.4, 0.5) is 13.2 Å². The van der Waals surface area contributed by atoms with Gasteiger partial charge in [-0.05, 0) is 6.07 Å². The largest absolute Gasteiger partial charge is 0.433 e. The van der Waals surface area contributed by atoms with Crippen LogP contribution >= 0.6 is 0 Å². The Labute approximate surface area is 106 Å². The maximum Gasteiger partial charge on any atom is 0.433 e. The lowest BCUT2D eigenvalue weighted by Crippen LogP contribution is -2.15. The number of carbonyl (C=O) groups is 1. The molecule has 0 atom stereocenters. The molecule has 8 heteroatoms. The SMILES string of the molecule is CC(C)c1nc(C2=NNC(=O)C2)cc(C(F)(F)F)n1. The molecule has 102 valence electrons. The molecule has 1 aliphatic heterocycles. The molecule has 2 rings (SSSR count). The van der Waals surface area contributed by atoms with Crippen LogP contribution in [0, 0.1) is 0 Å². The van der Waals surface area contributed by atoms with Gasteiger partial charge >= 0.3 is 6.18 Å². The Hall–Kier alpha value is -1.99. The zero-order chi connectivity index (χ0) is 14.2. The Morgan fingerprint density at radius 3 is 2.47 bits per heavy atom. The summed E-state index contributed by atoms with van der Waals surface area (Å²) in [6, 6.07) is 0.811. The molecular weight excluding hydrogens is 261 g/mol. The summed E-state index contributed by atoms with van der Waals surface area (Å²) in [6.45, 7) is 3.39. The van der Waals surface area contributed by atoms with E-state index in [0.29, 0.717) is 0 Å². The Morgan fingerprint density at radius 2 is 2.00 bits per heavy atom. The molecule has 0 bridgehead atoms. The van der Waals surface area contributed by atoms with E-state index in [4.69, 9.17) is 0 Å². The van der Waals surface area contributed by atoms with Crippen LogP contribution in [0.15, 0.2) is 11.2 Å². The standard InChI is InChI=1S/C11H11F3N4O/c1-5(2)10-15-6(7-4-9(19)18-17-7)3-8(16-10)11(12,13)14/h3,5H,4H2,1-2H3,(H,18,19). The van der Waals surface area contributed by atoms with Crippen LogP contribution in [-0.2, 0) is 11.0 Å². The van der Waals surface area contributed by atoms with Crippen molar-refractivity contribution in [3.05, 3.63) is 23.3 Å². The first-order chi connectivity index (χ1) is 8.77. The van der Waals surface area contributed by atoms with Crippen LogP contribution < -0.4 is 5.43 Å². The third-order valence-electron chi connectivity index (χ3n) is 2.49. The average Bonchev–Trinajstić information content (AvgIpc) is 2.74.